The van der Waals surface area contributed by atoms with Gasteiger partial charge in [0.2, 0.25) is 11.7 Å². The first-order valence-electron chi connectivity index (χ1n) is 5.87. The second-order valence-electron chi connectivity index (χ2n) is 4.73. The van der Waals surface area contributed by atoms with Crippen LogP contribution in [0.4, 0.5) is 0 Å². The lowest BCUT2D eigenvalue weighted by Gasteiger charge is -2.27. The third-order valence-corrected chi connectivity index (χ3v) is 4.90. The summed E-state index contributed by atoms with van der Waals surface area (Å²) in [7, 11) is 0. The number of thiophene rings is 1. The van der Waals surface area contributed by atoms with Crippen molar-refractivity contribution in [2.75, 3.05) is 0 Å². The van der Waals surface area contributed by atoms with E-state index in [0.29, 0.717) is 17.5 Å². The molecular formula is C12H15N3O3S2. The number of rotatable bonds is 6. The van der Waals surface area contributed by atoms with E-state index in [2.05, 4.69) is 10.1 Å². The first-order valence-corrected chi connectivity index (χ1v) is 7.80. The van der Waals surface area contributed by atoms with Crippen LogP contribution in [0.25, 0.3) is 11.4 Å². The maximum atomic E-state index is 10.9. The van der Waals surface area contributed by atoms with Crippen LogP contribution in [-0.4, -0.2) is 32.0 Å². The molecule has 0 unspecified atom stereocenters. The Labute approximate surface area is 124 Å². The van der Waals surface area contributed by atoms with Crippen LogP contribution in [0.3, 0.4) is 0 Å². The number of thioether (sulfide) groups is 1. The van der Waals surface area contributed by atoms with Gasteiger partial charge in [0.05, 0.1) is 5.75 Å². The average Bonchev–Trinajstić information content (AvgIpc) is 3.05. The van der Waals surface area contributed by atoms with Gasteiger partial charge in [-0.25, -0.2) is 0 Å². The first kappa shape index (κ1) is 15.0. The minimum absolute atomic E-state index is 0.422. The van der Waals surface area contributed by atoms with Crippen molar-refractivity contribution in [2.45, 2.75) is 30.4 Å². The number of carbonyl (C=O) groups is 1. The number of carboxylic acid groups (broad SMARTS) is 1. The summed E-state index contributed by atoms with van der Waals surface area (Å²) >= 11 is 2.94. The quantitative estimate of drug-likeness (QED) is 0.843. The van der Waals surface area contributed by atoms with E-state index in [1.165, 1.54) is 11.8 Å². The van der Waals surface area contributed by atoms with E-state index in [1.807, 2.05) is 16.8 Å². The number of aliphatic carboxylic acids is 1. The summed E-state index contributed by atoms with van der Waals surface area (Å²) < 4.78 is 4.54. The Balaban J connectivity index is 2.00. The molecule has 0 radical (unpaired) electrons. The van der Waals surface area contributed by atoms with Gasteiger partial charge in [0.15, 0.2) is 0 Å². The maximum Gasteiger partial charge on any atom is 0.321 e. The third kappa shape index (κ3) is 3.38. The van der Waals surface area contributed by atoms with E-state index in [9.17, 15) is 4.79 Å². The summed E-state index contributed by atoms with van der Waals surface area (Å²) in [6.07, 6.45) is 0. The van der Waals surface area contributed by atoms with Gasteiger partial charge >= 0.3 is 5.97 Å². The van der Waals surface area contributed by atoms with Gasteiger partial charge in [-0.15, -0.1) is 11.8 Å². The lowest BCUT2D eigenvalue weighted by Crippen LogP contribution is -2.46. The molecule has 2 aromatic rings. The van der Waals surface area contributed by atoms with Crippen LogP contribution in [-0.2, 0) is 10.5 Å². The fraction of sp³-hybridized carbons (Fsp3) is 0.417. The molecule has 0 amide bonds. The van der Waals surface area contributed by atoms with E-state index >= 15 is 0 Å². The molecule has 2 rings (SSSR count). The minimum atomic E-state index is -1.02. The molecule has 0 aliphatic heterocycles. The molecule has 0 saturated carbocycles. The van der Waals surface area contributed by atoms with Crippen molar-refractivity contribution in [2.24, 2.45) is 5.73 Å². The largest absolute Gasteiger partial charge is 0.480 e. The number of aromatic nitrogens is 2. The van der Waals surface area contributed by atoms with E-state index in [4.69, 9.17) is 15.4 Å². The Bertz CT molecular complexity index is 581. The van der Waals surface area contributed by atoms with E-state index in [0.717, 1.165) is 5.56 Å². The van der Waals surface area contributed by atoms with Gasteiger partial charge in [0, 0.05) is 15.7 Å². The van der Waals surface area contributed by atoms with Crippen LogP contribution >= 0.6 is 23.1 Å². The highest BCUT2D eigenvalue weighted by atomic mass is 32.2. The zero-order valence-corrected chi connectivity index (χ0v) is 12.7. The topological polar surface area (TPSA) is 102 Å². The molecule has 108 valence electrons. The zero-order valence-electron chi connectivity index (χ0n) is 11.1. The van der Waals surface area contributed by atoms with Crippen molar-refractivity contribution in [3.8, 4) is 11.4 Å². The van der Waals surface area contributed by atoms with Gasteiger partial charge in [-0.1, -0.05) is 5.16 Å². The highest BCUT2D eigenvalue weighted by Crippen LogP contribution is 2.30. The van der Waals surface area contributed by atoms with Crippen LogP contribution < -0.4 is 5.73 Å². The van der Waals surface area contributed by atoms with Gasteiger partial charge in [0.25, 0.3) is 0 Å². The Hall–Kier alpha value is -1.38. The van der Waals surface area contributed by atoms with E-state index < -0.39 is 16.8 Å². The molecule has 2 heterocycles. The molecule has 0 saturated heterocycles. The lowest BCUT2D eigenvalue weighted by atomic mass is 10.1. The third-order valence-electron chi connectivity index (χ3n) is 2.83. The smallest absolute Gasteiger partial charge is 0.321 e. The van der Waals surface area contributed by atoms with Gasteiger partial charge < -0.3 is 15.4 Å². The fourth-order valence-electron chi connectivity index (χ4n) is 1.46. The number of carboxylic acids is 1. The molecule has 1 atom stereocenters. The molecule has 20 heavy (non-hydrogen) atoms. The molecule has 0 aliphatic rings. The lowest BCUT2D eigenvalue weighted by molar-refractivity contribution is -0.139. The molecule has 0 spiro atoms. The van der Waals surface area contributed by atoms with Crippen molar-refractivity contribution < 1.29 is 14.4 Å². The Morgan fingerprint density at radius 2 is 2.40 bits per heavy atom. The standard InChI is InChI=1S/C12H15N3O3S2/c1-12(2,9(13)11(16)17)20-6-8-14-10(15-18-8)7-3-4-19-5-7/h3-5,9H,6,13H2,1-2H3,(H,16,17)/t9-/m1/s1. The predicted molar refractivity (Wildman–Crippen MR) is 78.6 cm³/mol. The van der Waals surface area contributed by atoms with Crippen LogP contribution in [0.2, 0.25) is 0 Å². The van der Waals surface area contributed by atoms with Crippen molar-refractivity contribution >= 4 is 29.1 Å². The zero-order chi connectivity index (χ0) is 14.8. The number of hydrogen-bond donors (Lipinski definition) is 2. The minimum Gasteiger partial charge on any atom is -0.480 e. The molecular weight excluding hydrogens is 298 g/mol. The molecule has 0 aliphatic carbocycles. The molecule has 0 bridgehead atoms. The summed E-state index contributed by atoms with van der Waals surface area (Å²) in [5.74, 6) is 0.404. The van der Waals surface area contributed by atoms with Gasteiger partial charge in [0.1, 0.15) is 6.04 Å². The molecule has 8 heteroatoms. The Morgan fingerprint density at radius 1 is 1.65 bits per heavy atom. The Morgan fingerprint density at radius 3 is 3.00 bits per heavy atom. The van der Waals surface area contributed by atoms with E-state index in [1.54, 1.807) is 25.2 Å². The van der Waals surface area contributed by atoms with Gasteiger partial charge in [-0.05, 0) is 25.3 Å². The summed E-state index contributed by atoms with van der Waals surface area (Å²) in [5, 5.41) is 16.7. The predicted octanol–water partition coefficient (Wildman–Crippen LogP) is 2.22. The summed E-state index contributed by atoms with van der Waals surface area (Å²) in [6, 6.07) is 0.961. The number of nitrogens with two attached hydrogens (primary N) is 1. The summed E-state index contributed by atoms with van der Waals surface area (Å²) in [5.41, 5.74) is 6.57. The normalized spacial score (nSPS) is 13.3. The van der Waals surface area contributed by atoms with Crippen molar-refractivity contribution in [1.82, 2.24) is 10.1 Å². The molecule has 6 nitrogen and oxygen atoms in total. The average molecular weight is 313 g/mol. The summed E-state index contributed by atoms with van der Waals surface area (Å²) in [6.45, 7) is 3.57. The summed E-state index contributed by atoms with van der Waals surface area (Å²) in [4.78, 5) is 15.2. The van der Waals surface area contributed by atoms with Gasteiger partial charge in [-0.2, -0.15) is 16.3 Å². The van der Waals surface area contributed by atoms with Crippen LogP contribution in [0.15, 0.2) is 21.3 Å². The molecule has 0 fully saturated rings. The molecule has 0 aromatic carbocycles. The second kappa shape index (κ2) is 5.94. The van der Waals surface area contributed by atoms with Crippen molar-refractivity contribution in [3.05, 3.63) is 22.7 Å². The van der Waals surface area contributed by atoms with Crippen LogP contribution in [0.5, 0.6) is 0 Å². The second-order valence-corrected chi connectivity index (χ2v) is 7.14. The van der Waals surface area contributed by atoms with Crippen molar-refractivity contribution in [1.29, 1.82) is 0 Å². The van der Waals surface area contributed by atoms with Gasteiger partial charge in [-0.3, -0.25) is 4.79 Å². The fourth-order valence-corrected chi connectivity index (χ4v) is 2.98. The van der Waals surface area contributed by atoms with Crippen molar-refractivity contribution in [3.63, 3.8) is 0 Å². The number of nitrogens with zero attached hydrogens (tertiary/aromatic N) is 2. The molecule has 2 aromatic heterocycles. The van der Waals surface area contributed by atoms with Crippen LogP contribution in [0, 0.1) is 0 Å². The molecule has 3 N–H and O–H groups in total. The number of hydrogen-bond acceptors (Lipinski definition) is 7. The first-order chi connectivity index (χ1) is 9.40. The Kier molecular flexibility index (Phi) is 4.46. The highest BCUT2D eigenvalue weighted by Gasteiger charge is 2.33. The highest BCUT2D eigenvalue weighted by molar-refractivity contribution is 7.99. The maximum absolute atomic E-state index is 10.9. The SMILES string of the molecule is CC(C)(SCc1nc(-c2ccsc2)no1)[C@H](N)C(=O)O. The van der Waals surface area contributed by atoms with Crippen LogP contribution in [0.1, 0.15) is 19.7 Å². The van der Waals surface area contributed by atoms with E-state index in [-0.39, 0.29) is 0 Å². The monoisotopic (exact) mass is 313 g/mol.